The maximum atomic E-state index is 5.49. The maximum absolute atomic E-state index is 5.49. The molecule has 1 aromatic carbocycles. The second kappa shape index (κ2) is 4.53. The Kier molecular flexibility index (Phi) is 2.72. The second-order valence-corrected chi connectivity index (χ2v) is 4.11. The Morgan fingerprint density at radius 3 is 2.56 bits per heavy atom. The van der Waals surface area contributed by atoms with Crippen molar-refractivity contribution in [1.82, 2.24) is 9.79 Å². The van der Waals surface area contributed by atoms with E-state index in [1.807, 2.05) is 60.4 Å². The lowest BCUT2D eigenvalue weighted by Gasteiger charge is -2.16. The van der Waals surface area contributed by atoms with E-state index in [9.17, 15) is 0 Å². The molecule has 0 unspecified atom stereocenters. The highest BCUT2D eigenvalue weighted by Gasteiger charge is 2.36. The van der Waals surface area contributed by atoms with E-state index in [4.69, 9.17) is 4.76 Å². The summed E-state index contributed by atoms with van der Waals surface area (Å²) in [6, 6.07) is 15.8. The average molecular weight is 237 g/mol. The molecule has 3 rings (SSSR count). The van der Waals surface area contributed by atoms with Gasteiger partial charge in [-0.05, 0) is 24.6 Å². The van der Waals surface area contributed by atoms with Gasteiger partial charge < -0.3 is 9.57 Å². The van der Waals surface area contributed by atoms with Crippen molar-refractivity contribution in [1.29, 1.82) is 0 Å². The molecule has 88 valence electrons. The number of hydrogen-bond donors (Lipinski definition) is 0. The fourth-order valence-corrected chi connectivity index (χ4v) is 1.97. The van der Waals surface area contributed by atoms with E-state index in [0.29, 0.717) is 0 Å². The standard InChI is InChI=1S/C13H12BN3O/c1-17-13(12-9-5-6-10-15-12)16-18-14(17)11-7-3-2-4-8-11/h2-10H,1H3. The minimum atomic E-state index is -0.178. The van der Waals surface area contributed by atoms with Crippen molar-refractivity contribution in [2.75, 3.05) is 7.05 Å². The lowest BCUT2D eigenvalue weighted by molar-refractivity contribution is 0.357. The van der Waals surface area contributed by atoms with Crippen LogP contribution in [0.25, 0.3) is 0 Å². The topological polar surface area (TPSA) is 37.7 Å². The van der Waals surface area contributed by atoms with Gasteiger partial charge in [-0.3, -0.25) is 4.98 Å². The number of benzene rings is 1. The Bertz CT molecular complexity index is 559. The van der Waals surface area contributed by atoms with Crippen molar-refractivity contribution in [3.05, 3.63) is 60.4 Å². The van der Waals surface area contributed by atoms with Crippen molar-refractivity contribution >= 4 is 18.3 Å². The average Bonchev–Trinajstić information content (AvgIpc) is 2.83. The van der Waals surface area contributed by atoms with Gasteiger partial charge in [-0.2, -0.15) is 0 Å². The number of aromatic nitrogens is 1. The van der Waals surface area contributed by atoms with Crippen LogP contribution in [0.15, 0.2) is 59.9 Å². The first-order valence-electron chi connectivity index (χ1n) is 5.79. The molecule has 0 saturated carbocycles. The van der Waals surface area contributed by atoms with Crippen LogP contribution in [0.1, 0.15) is 5.69 Å². The maximum Gasteiger partial charge on any atom is 0.545 e. The second-order valence-electron chi connectivity index (χ2n) is 4.11. The molecule has 18 heavy (non-hydrogen) atoms. The number of oxime groups is 1. The van der Waals surface area contributed by atoms with Gasteiger partial charge in [-0.15, -0.1) is 0 Å². The number of amidine groups is 1. The Labute approximate surface area is 106 Å². The smallest absolute Gasteiger partial charge is 0.433 e. The van der Waals surface area contributed by atoms with Crippen LogP contribution in [0, 0.1) is 0 Å². The zero-order chi connectivity index (χ0) is 12.4. The number of nitrogens with zero attached hydrogens (tertiary/aromatic N) is 3. The van der Waals surface area contributed by atoms with E-state index in [-0.39, 0.29) is 7.05 Å². The molecular weight excluding hydrogens is 225 g/mol. The van der Waals surface area contributed by atoms with Crippen LogP contribution >= 0.6 is 0 Å². The van der Waals surface area contributed by atoms with Gasteiger partial charge in [0.25, 0.3) is 0 Å². The summed E-state index contributed by atoms with van der Waals surface area (Å²) in [5.41, 5.74) is 1.90. The van der Waals surface area contributed by atoms with Gasteiger partial charge in [0.2, 0.25) is 0 Å². The van der Waals surface area contributed by atoms with E-state index in [1.165, 1.54) is 0 Å². The molecule has 0 atom stereocenters. The van der Waals surface area contributed by atoms with Crippen LogP contribution in [0.5, 0.6) is 0 Å². The van der Waals surface area contributed by atoms with Crippen molar-refractivity contribution in [3.8, 4) is 0 Å². The molecule has 0 aliphatic carbocycles. The third-order valence-electron chi connectivity index (χ3n) is 2.90. The predicted octanol–water partition coefficient (Wildman–Crippen LogP) is 1.10. The number of rotatable bonds is 2. The fraction of sp³-hybridized carbons (Fsp3) is 0.0769. The minimum Gasteiger partial charge on any atom is -0.433 e. The summed E-state index contributed by atoms with van der Waals surface area (Å²) in [6.45, 7) is 0. The van der Waals surface area contributed by atoms with Gasteiger partial charge in [0, 0.05) is 6.20 Å². The lowest BCUT2D eigenvalue weighted by Crippen LogP contribution is -2.46. The molecule has 1 aromatic heterocycles. The first-order chi connectivity index (χ1) is 8.86. The third-order valence-corrected chi connectivity index (χ3v) is 2.90. The van der Waals surface area contributed by atoms with E-state index in [2.05, 4.69) is 10.1 Å². The van der Waals surface area contributed by atoms with E-state index >= 15 is 0 Å². The van der Waals surface area contributed by atoms with Crippen LogP contribution in [-0.4, -0.2) is 29.7 Å². The van der Waals surface area contributed by atoms with Gasteiger partial charge in [-0.1, -0.05) is 41.6 Å². The van der Waals surface area contributed by atoms with Crippen molar-refractivity contribution in [3.63, 3.8) is 0 Å². The zero-order valence-electron chi connectivity index (χ0n) is 10.0. The molecule has 5 heteroatoms. The molecule has 0 fully saturated rings. The molecule has 0 saturated heterocycles. The van der Waals surface area contributed by atoms with Gasteiger partial charge in [0.1, 0.15) is 5.69 Å². The van der Waals surface area contributed by atoms with Crippen molar-refractivity contribution in [2.24, 2.45) is 5.16 Å². The number of pyridine rings is 1. The van der Waals surface area contributed by atoms with E-state index in [0.717, 1.165) is 17.0 Å². The van der Waals surface area contributed by atoms with Crippen molar-refractivity contribution < 1.29 is 4.76 Å². The Morgan fingerprint density at radius 2 is 1.83 bits per heavy atom. The summed E-state index contributed by atoms with van der Waals surface area (Å²) in [4.78, 5) is 6.27. The quantitative estimate of drug-likeness (QED) is 0.734. The summed E-state index contributed by atoms with van der Waals surface area (Å²) >= 11 is 0. The molecular formula is C13H12BN3O. The molecule has 0 bridgehead atoms. The predicted molar refractivity (Wildman–Crippen MR) is 71.5 cm³/mol. The van der Waals surface area contributed by atoms with Crippen LogP contribution < -0.4 is 5.46 Å². The van der Waals surface area contributed by atoms with E-state index < -0.39 is 0 Å². The first kappa shape index (κ1) is 10.8. The molecule has 2 aromatic rings. The third kappa shape index (κ3) is 1.84. The summed E-state index contributed by atoms with van der Waals surface area (Å²) in [5, 5.41) is 4.12. The molecule has 0 N–H and O–H groups in total. The Morgan fingerprint density at radius 1 is 1.06 bits per heavy atom. The molecule has 0 spiro atoms. The normalized spacial score (nSPS) is 14.4. The van der Waals surface area contributed by atoms with Crippen LogP contribution in [0.3, 0.4) is 0 Å². The van der Waals surface area contributed by atoms with Gasteiger partial charge in [0.15, 0.2) is 5.84 Å². The number of hydrogen-bond acceptors (Lipinski definition) is 4. The van der Waals surface area contributed by atoms with Crippen LogP contribution in [0.2, 0.25) is 0 Å². The molecule has 1 aliphatic rings. The summed E-state index contributed by atoms with van der Waals surface area (Å²) < 4.78 is 5.49. The molecule has 0 radical (unpaired) electrons. The highest BCUT2D eigenvalue weighted by Crippen LogP contribution is 2.11. The summed E-state index contributed by atoms with van der Waals surface area (Å²) in [5.74, 6) is 0.754. The summed E-state index contributed by atoms with van der Waals surface area (Å²) in [7, 11) is 1.78. The monoisotopic (exact) mass is 237 g/mol. The van der Waals surface area contributed by atoms with E-state index in [1.54, 1.807) is 6.20 Å². The largest absolute Gasteiger partial charge is 0.545 e. The Hall–Kier alpha value is -2.30. The highest BCUT2D eigenvalue weighted by molar-refractivity contribution is 6.68. The van der Waals surface area contributed by atoms with Gasteiger partial charge in [0.05, 0.1) is 0 Å². The SMILES string of the molecule is CN1B(c2ccccc2)ON=C1c1ccccn1. The van der Waals surface area contributed by atoms with Crippen LogP contribution in [0.4, 0.5) is 0 Å². The zero-order valence-corrected chi connectivity index (χ0v) is 10.0. The minimum absolute atomic E-state index is 0.178. The lowest BCUT2D eigenvalue weighted by atomic mass is 9.72. The highest BCUT2D eigenvalue weighted by atomic mass is 16.6. The Balaban J connectivity index is 1.87. The van der Waals surface area contributed by atoms with Crippen molar-refractivity contribution in [2.45, 2.75) is 0 Å². The fourth-order valence-electron chi connectivity index (χ4n) is 1.97. The molecule has 1 aliphatic heterocycles. The van der Waals surface area contributed by atoms with Gasteiger partial charge in [-0.25, -0.2) is 0 Å². The molecule has 4 nitrogen and oxygen atoms in total. The van der Waals surface area contributed by atoms with Gasteiger partial charge >= 0.3 is 7.05 Å². The summed E-state index contributed by atoms with van der Waals surface area (Å²) in [6.07, 6.45) is 1.75. The van der Waals surface area contributed by atoms with Crippen LogP contribution in [-0.2, 0) is 4.76 Å². The molecule has 2 heterocycles. The molecule has 0 amide bonds. The first-order valence-corrected chi connectivity index (χ1v) is 5.79.